The maximum atomic E-state index is 13.9. The van der Waals surface area contributed by atoms with E-state index in [1.807, 2.05) is 30.3 Å². The zero-order valence-electron chi connectivity index (χ0n) is 19.9. The second kappa shape index (κ2) is 8.82. The molecule has 2 aliphatic heterocycles. The number of fused-ring (bicyclic) bond motifs is 1. The van der Waals surface area contributed by atoms with Crippen LogP contribution in [-0.4, -0.2) is 41.5 Å². The monoisotopic (exact) mass is 461 g/mol. The van der Waals surface area contributed by atoms with Crippen molar-refractivity contribution < 1.29 is 24.2 Å². The van der Waals surface area contributed by atoms with E-state index in [4.69, 9.17) is 9.47 Å². The number of methoxy groups -OCH3 is 1. The van der Waals surface area contributed by atoms with Crippen molar-refractivity contribution in [3.63, 3.8) is 0 Å². The van der Waals surface area contributed by atoms with Crippen LogP contribution in [0.4, 0.5) is 0 Å². The number of carbonyl (C=O) groups excluding carboxylic acids is 2. The summed E-state index contributed by atoms with van der Waals surface area (Å²) in [5.74, 6) is 1.30. The molecule has 178 valence electrons. The van der Waals surface area contributed by atoms with Crippen LogP contribution in [0.2, 0.25) is 0 Å². The molecule has 0 saturated heterocycles. The van der Waals surface area contributed by atoms with Crippen LogP contribution < -0.4 is 4.74 Å². The number of amides is 1. The number of phenolic OH excluding ortho intramolecular Hbond substituents is 1. The quantitative estimate of drug-likeness (QED) is 0.713. The summed E-state index contributed by atoms with van der Waals surface area (Å²) in [5.41, 5.74) is 2.24. The summed E-state index contributed by atoms with van der Waals surface area (Å²) in [6, 6.07) is 14.0. The minimum absolute atomic E-state index is 0.0271. The first-order valence-corrected chi connectivity index (χ1v) is 12.0. The van der Waals surface area contributed by atoms with Gasteiger partial charge in [0.1, 0.15) is 17.6 Å². The Morgan fingerprint density at radius 3 is 2.56 bits per heavy atom. The Labute approximate surface area is 200 Å². The van der Waals surface area contributed by atoms with Crippen LogP contribution in [0, 0.1) is 17.8 Å². The van der Waals surface area contributed by atoms with Gasteiger partial charge in [0.25, 0.3) is 5.91 Å². The van der Waals surface area contributed by atoms with E-state index in [0.717, 1.165) is 29.7 Å². The molecule has 0 spiro atoms. The summed E-state index contributed by atoms with van der Waals surface area (Å²) in [5, 5.41) is 10.2. The Morgan fingerprint density at radius 1 is 1.09 bits per heavy atom. The number of carbonyl (C=O) groups is 2. The van der Waals surface area contributed by atoms with Gasteiger partial charge in [0.15, 0.2) is 11.5 Å². The van der Waals surface area contributed by atoms with E-state index >= 15 is 0 Å². The van der Waals surface area contributed by atoms with Gasteiger partial charge >= 0.3 is 0 Å². The van der Waals surface area contributed by atoms with Crippen LogP contribution in [0.15, 0.2) is 59.9 Å². The Bertz CT molecular complexity index is 1140. The van der Waals surface area contributed by atoms with Crippen LogP contribution in [0.25, 0.3) is 0 Å². The van der Waals surface area contributed by atoms with E-state index in [-0.39, 0.29) is 41.1 Å². The zero-order valence-corrected chi connectivity index (χ0v) is 19.9. The fraction of sp³-hybridized carbons (Fsp3) is 0.429. The van der Waals surface area contributed by atoms with Gasteiger partial charge in [0.05, 0.1) is 24.6 Å². The minimum atomic E-state index is -0.562. The van der Waals surface area contributed by atoms with Gasteiger partial charge < -0.3 is 19.5 Å². The minimum Gasteiger partial charge on any atom is -0.508 e. The molecule has 1 N–H and O–H groups in total. The van der Waals surface area contributed by atoms with Gasteiger partial charge in [-0.1, -0.05) is 38.1 Å². The number of hydrogen-bond donors (Lipinski definition) is 1. The van der Waals surface area contributed by atoms with Gasteiger partial charge in [-0.2, -0.15) is 0 Å². The molecule has 6 nitrogen and oxygen atoms in total. The predicted octanol–water partition coefficient (Wildman–Crippen LogP) is 4.43. The van der Waals surface area contributed by atoms with Crippen LogP contribution >= 0.6 is 0 Å². The third-order valence-corrected chi connectivity index (χ3v) is 7.53. The lowest BCUT2D eigenvalue weighted by Crippen LogP contribution is -2.45. The number of rotatable bonds is 5. The topological polar surface area (TPSA) is 76.1 Å². The fourth-order valence-electron chi connectivity index (χ4n) is 5.98. The summed E-state index contributed by atoms with van der Waals surface area (Å²) < 4.78 is 11.6. The van der Waals surface area contributed by atoms with Crippen molar-refractivity contribution in [2.24, 2.45) is 17.8 Å². The van der Waals surface area contributed by atoms with E-state index < -0.39 is 6.04 Å². The highest BCUT2D eigenvalue weighted by molar-refractivity contribution is 6.11. The summed E-state index contributed by atoms with van der Waals surface area (Å²) in [6.07, 6.45) is 2.14. The van der Waals surface area contributed by atoms with Crippen molar-refractivity contribution in [2.75, 3.05) is 13.7 Å². The number of benzene rings is 2. The molecule has 1 fully saturated rings. The Kier molecular flexibility index (Phi) is 5.84. The zero-order chi connectivity index (χ0) is 24.0. The molecule has 2 heterocycles. The number of nitrogens with zero attached hydrogens (tertiary/aromatic N) is 1. The molecule has 5 atom stereocenters. The largest absolute Gasteiger partial charge is 0.508 e. The van der Waals surface area contributed by atoms with Crippen LogP contribution in [0.1, 0.15) is 43.9 Å². The second-order valence-corrected chi connectivity index (χ2v) is 9.94. The summed E-state index contributed by atoms with van der Waals surface area (Å²) in [4.78, 5) is 29.2. The number of aromatic hydroxyl groups is 1. The number of hydrogen-bond acceptors (Lipinski definition) is 5. The van der Waals surface area contributed by atoms with Crippen molar-refractivity contribution in [1.82, 2.24) is 4.90 Å². The molecule has 5 rings (SSSR count). The molecular weight excluding hydrogens is 430 g/mol. The molecule has 5 unspecified atom stereocenters. The van der Waals surface area contributed by atoms with E-state index in [9.17, 15) is 14.7 Å². The maximum Gasteiger partial charge on any atom is 0.290 e. The van der Waals surface area contributed by atoms with E-state index in [1.54, 1.807) is 30.2 Å². The Balaban J connectivity index is 1.50. The summed E-state index contributed by atoms with van der Waals surface area (Å²) in [7, 11) is 1.63. The van der Waals surface area contributed by atoms with Crippen molar-refractivity contribution in [2.45, 2.75) is 45.3 Å². The smallest absolute Gasteiger partial charge is 0.290 e. The standard InChI is InChI=1S/C28H31NO5/c1-16-13-17(2)23-22(14-16)34-27-24(26(23)31)25(19-5-4-6-20(30)15-19)29(28(27)32)12-11-18-7-9-21(33-3)10-8-18/h4-10,15-17,22-23,25,30H,11-14H2,1-3H3. The van der Waals surface area contributed by atoms with Crippen molar-refractivity contribution in [3.05, 3.63) is 71.0 Å². The van der Waals surface area contributed by atoms with Gasteiger partial charge in [0, 0.05) is 6.54 Å². The summed E-state index contributed by atoms with van der Waals surface area (Å²) in [6.45, 7) is 4.72. The fourth-order valence-corrected chi connectivity index (χ4v) is 5.98. The van der Waals surface area contributed by atoms with E-state index in [0.29, 0.717) is 24.5 Å². The number of Topliss-reactive ketones (excluding diaryl/α,β-unsaturated/α-hetero) is 1. The average Bonchev–Trinajstić information content (AvgIpc) is 3.09. The third kappa shape index (κ3) is 3.85. The van der Waals surface area contributed by atoms with Gasteiger partial charge in [-0.25, -0.2) is 0 Å². The van der Waals surface area contributed by atoms with Crippen LogP contribution in [-0.2, 0) is 20.7 Å². The molecular formula is C28H31NO5. The highest BCUT2D eigenvalue weighted by Crippen LogP contribution is 2.49. The second-order valence-electron chi connectivity index (χ2n) is 9.94. The lowest BCUT2D eigenvalue weighted by molar-refractivity contribution is -0.138. The summed E-state index contributed by atoms with van der Waals surface area (Å²) >= 11 is 0. The van der Waals surface area contributed by atoms with Gasteiger partial charge in [0.2, 0.25) is 0 Å². The molecule has 2 aromatic rings. The first-order chi connectivity index (χ1) is 16.4. The lowest BCUT2D eigenvalue weighted by atomic mass is 9.69. The number of ketones is 1. The molecule has 1 saturated carbocycles. The van der Waals surface area contributed by atoms with Gasteiger partial charge in [-0.05, 0) is 66.5 Å². The van der Waals surface area contributed by atoms with E-state index in [2.05, 4.69) is 13.8 Å². The van der Waals surface area contributed by atoms with Gasteiger partial charge in [-0.15, -0.1) is 0 Å². The first kappa shape index (κ1) is 22.5. The normalized spacial score (nSPS) is 28.4. The molecule has 3 aliphatic rings. The molecule has 34 heavy (non-hydrogen) atoms. The van der Waals surface area contributed by atoms with Crippen molar-refractivity contribution in [3.8, 4) is 11.5 Å². The first-order valence-electron chi connectivity index (χ1n) is 12.0. The van der Waals surface area contributed by atoms with E-state index in [1.165, 1.54) is 0 Å². The SMILES string of the molecule is COc1ccc(CCN2C(=O)C3=C(C(=O)C4C(C)CC(C)CC4O3)C2c2cccc(O)c2)cc1. The predicted molar refractivity (Wildman–Crippen MR) is 127 cm³/mol. The van der Waals surface area contributed by atoms with Crippen LogP contribution in [0.3, 0.4) is 0 Å². The lowest BCUT2D eigenvalue weighted by Gasteiger charge is -2.41. The maximum absolute atomic E-state index is 13.9. The molecule has 0 aromatic heterocycles. The highest BCUT2D eigenvalue weighted by Gasteiger charge is 2.54. The molecule has 1 aliphatic carbocycles. The number of ether oxygens (including phenoxy) is 2. The van der Waals surface area contributed by atoms with Crippen molar-refractivity contribution >= 4 is 11.7 Å². The Morgan fingerprint density at radius 2 is 1.85 bits per heavy atom. The molecule has 2 aromatic carbocycles. The number of phenols is 1. The molecule has 6 heteroatoms. The third-order valence-electron chi connectivity index (χ3n) is 7.53. The van der Waals surface area contributed by atoms with Crippen LogP contribution in [0.5, 0.6) is 11.5 Å². The average molecular weight is 462 g/mol. The van der Waals surface area contributed by atoms with Crippen molar-refractivity contribution in [1.29, 1.82) is 0 Å². The van der Waals surface area contributed by atoms with Gasteiger partial charge in [-0.3, -0.25) is 9.59 Å². The Hall–Kier alpha value is -3.28. The molecule has 0 radical (unpaired) electrons. The molecule has 1 amide bonds. The highest BCUT2D eigenvalue weighted by atomic mass is 16.5. The molecule has 0 bridgehead atoms.